The number of amides is 2. The zero-order chi connectivity index (χ0) is 16.9. The minimum atomic E-state index is -0.497. The Balaban J connectivity index is 2.05. The maximum absolute atomic E-state index is 12.5. The van der Waals surface area contributed by atoms with Gasteiger partial charge in [-0.05, 0) is 18.3 Å². The van der Waals surface area contributed by atoms with E-state index < -0.39 is 6.04 Å². The molecule has 1 aromatic rings. The van der Waals surface area contributed by atoms with Gasteiger partial charge in [-0.25, -0.2) is 9.78 Å². The molecule has 128 valence electrons. The quantitative estimate of drug-likeness (QED) is 0.810. The average molecular weight is 337 g/mol. The minimum Gasteiger partial charge on any atom is -0.332 e. The molecule has 6 heteroatoms. The van der Waals surface area contributed by atoms with Crippen LogP contribution < -0.4 is 10.6 Å². The van der Waals surface area contributed by atoms with Gasteiger partial charge in [-0.2, -0.15) is 0 Å². The van der Waals surface area contributed by atoms with Gasteiger partial charge in [0.15, 0.2) is 0 Å². The average Bonchev–Trinajstić information content (AvgIpc) is 2.97. The summed E-state index contributed by atoms with van der Waals surface area (Å²) in [5, 5.41) is 9.01. The lowest BCUT2D eigenvalue weighted by Crippen LogP contribution is -2.57. The number of hydrogen-bond donors (Lipinski definition) is 2. The monoisotopic (exact) mass is 337 g/mol. The molecule has 0 spiro atoms. The Hall–Kier alpha value is -1.43. The number of carbonyl (C=O) groups excluding carboxylic acids is 2. The fraction of sp³-hybridized carbons (Fsp3) is 0.706. The molecule has 0 bridgehead atoms. The predicted octanol–water partition coefficient (Wildman–Crippen LogP) is 3.30. The Morgan fingerprint density at radius 3 is 2.61 bits per heavy atom. The van der Waals surface area contributed by atoms with Crippen LogP contribution in [0.5, 0.6) is 0 Å². The summed E-state index contributed by atoms with van der Waals surface area (Å²) in [5.74, 6) is 0. The lowest BCUT2D eigenvalue weighted by Gasteiger charge is -2.38. The van der Waals surface area contributed by atoms with Crippen molar-refractivity contribution in [2.75, 3.05) is 0 Å². The molecule has 1 heterocycles. The first kappa shape index (κ1) is 17.9. The molecular formula is C17H27N3O2S. The molecule has 23 heavy (non-hydrogen) atoms. The molecular weight excluding hydrogens is 310 g/mol. The van der Waals surface area contributed by atoms with Crippen LogP contribution >= 0.6 is 11.3 Å². The molecule has 1 aliphatic carbocycles. The van der Waals surface area contributed by atoms with Crippen molar-refractivity contribution in [3.63, 3.8) is 0 Å². The Kier molecular flexibility index (Phi) is 5.79. The number of nitrogens with zero attached hydrogens (tertiary/aromatic N) is 1. The summed E-state index contributed by atoms with van der Waals surface area (Å²) in [6, 6.07) is -0.751. The van der Waals surface area contributed by atoms with Crippen LogP contribution in [0.1, 0.15) is 57.9 Å². The molecule has 0 saturated heterocycles. The van der Waals surface area contributed by atoms with Crippen LogP contribution in [0, 0.1) is 5.41 Å². The van der Waals surface area contributed by atoms with E-state index in [4.69, 9.17) is 0 Å². The van der Waals surface area contributed by atoms with Crippen LogP contribution in [0.15, 0.2) is 11.6 Å². The van der Waals surface area contributed by atoms with E-state index in [1.807, 2.05) is 26.2 Å². The molecule has 1 unspecified atom stereocenters. The van der Waals surface area contributed by atoms with Gasteiger partial charge in [-0.15, -0.1) is 11.3 Å². The normalized spacial score (nSPS) is 18.9. The van der Waals surface area contributed by atoms with E-state index in [0.717, 1.165) is 43.4 Å². The van der Waals surface area contributed by atoms with Gasteiger partial charge >= 0.3 is 6.03 Å². The van der Waals surface area contributed by atoms with Gasteiger partial charge < -0.3 is 15.4 Å². The van der Waals surface area contributed by atoms with Crippen molar-refractivity contribution in [1.29, 1.82) is 0 Å². The number of rotatable bonds is 5. The summed E-state index contributed by atoms with van der Waals surface area (Å²) in [4.78, 5) is 28.1. The van der Waals surface area contributed by atoms with E-state index in [1.165, 1.54) is 6.42 Å². The molecule has 1 saturated carbocycles. The van der Waals surface area contributed by atoms with Gasteiger partial charge in [0.25, 0.3) is 0 Å². The third-order valence-electron chi connectivity index (χ3n) is 4.52. The predicted molar refractivity (Wildman–Crippen MR) is 92.6 cm³/mol. The molecule has 1 aliphatic rings. The first-order chi connectivity index (χ1) is 10.8. The number of aldehydes is 1. The van der Waals surface area contributed by atoms with Crippen molar-refractivity contribution in [1.82, 2.24) is 15.6 Å². The molecule has 0 radical (unpaired) electrons. The molecule has 1 fully saturated rings. The first-order valence-corrected chi connectivity index (χ1v) is 9.15. The fourth-order valence-corrected chi connectivity index (χ4v) is 3.84. The van der Waals surface area contributed by atoms with Gasteiger partial charge in [-0.3, -0.25) is 0 Å². The molecule has 2 rings (SSSR count). The summed E-state index contributed by atoms with van der Waals surface area (Å²) in [6.45, 7) is 5.83. The third kappa shape index (κ3) is 5.03. The van der Waals surface area contributed by atoms with Crippen LogP contribution in [-0.2, 0) is 11.2 Å². The fourth-order valence-electron chi connectivity index (χ4n) is 3.08. The molecule has 2 amide bonds. The SMILES string of the molecule is CC(C)(C)C(C=O)NC(=O)NC1(Cc2nccs2)CCCCC1. The van der Waals surface area contributed by atoms with E-state index in [1.54, 1.807) is 17.5 Å². The number of aromatic nitrogens is 1. The highest BCUT2D eigenvalue weighted by atomic mass is 32.1. The first-order valence-electron chi connectivity index (χ1n) is 8.27. The van der Waals surface area contributed by atoms with Crippen molar-refractivity contribution in [3.8, 4) is 0 Å². The molecule has 0 aromatic carbocycles. The number of carbonyl (C=O) groups is 2. The number of hydrogen-bond acceptors (Lipinski definition) is 4. The smallest absolute Gasteiger partial charge is 0.315 e. The summed E-state index contributed by atoms with van der Waals surface area (Å²) in [5.41, 5.74) is -0.542. The largest absolute Gasteiger partial charge is 0.332 e. The van der Waals surface area contributed by atoms with E-state index >= 15 is 0 Å². The highest BCUT2D eigenvalue weighted by Gasteiger charge is 2.36. The zero-order valence-corrected chi connectivity index (χ0v) is 15.0. The number of urea groups is 1. The van der Waals surface area contributed by atoms with Crippen molar-refractivity contribution in [2.24, 2.45) is 5.41 Å². The minimum absolute atomic E-state index is 0.245. The van der Waals surface area contributed by atoms with Crippen LogP contribution in [0.4, 0.5) is 4.79 Å². The summed E-state index contributed by atoms with van der Waals surface area (Å²) in [6.07, 6.45) is 8.74. The summed E-state index contributed by atoms with van der Waals surface area (Å²) in [7, 11) is 0. The Bertz CT molecular complexity index is 516. The Morgan fingerprint density at radius 2 is 2.09 bits per heavy atom. The third-order valence-corrected chi connectivity index (χ3v) is 5.30. The van der Waals surface area contributed by atoms with Crippen molar-refractivity contribution < 1.29 is 9.59 Å². The summed E-state index contributed by atoms with van der Waals surface area (Å²) < 4.78 is 0. The van der Waals surface area contributed by atoms with Crippen LogP contribution in [0.3, 0.4) is 0 Å². The second kappa shape index (κ2) is 7.43. The molecule has 1 atom stereocenters. The number of thiazole rings is 1. The summed E-state index contributed by atoms with van der Waals surface area (Å²) >= 11 is 1.63. The Morgan fingerprint density at radius 1 is 1.39 bits per heavy atom. The maximum atomic E-state index is 12.5. The zero-order valence-electron chi connectivity index (χ0n) is 14.2. The molecule has 1 aromatic heterocycles. The van der Waals surface area contributed by atoms with E-state index in [0.29, 0.717) is 0 Å². The standard InChI is InChI=1S/C17H27N3O2S/c1-16(2,3)13(12-21)19-15(22)20-17(7-5-4-6-8-17)11-14-18-9-10-23-14/h9-10,12-13H,4-8,11H2,1-3H3,(H2,19,20,22). The molecule has 0 aliphatic heterocycles. The van der Waals surface area contributed by atoms with Crippen molar-refractivity contribution >= 4 is 23.7 Å². The van der Waals surface area contributed by atoms with Gasteiger partial charge in [0.2, 0.25) is 0 Å². The van der Waals surface area contributed by atoms with Crippen LogP contribution in [0.25, 0.3) is 0 Å². The van der Waals surface area contributed by atoms with E-state index in [9.17, 15) is 9.59 Å². The highest BCUT2D eigenvalue weighted by Crippen LogP contribution is 2.32. The molecule has 5 nitrogen and oxygen atoms in total. The lowest BCUT2D eigenvalue weighted by molar-refractivity contribution is -0.111. The van der Waals surface area contributed by atoms with Crippen molar-refractivity contribution in [3.05, 3.63) is 16.6 Å². The van der Waals surface area contributed by atoms with Gasteiger partial charge in [0, 0.05) is 23.5 Å². The topological polar surface area (TPSA) is 71.1 Å². The van der Waals surface area contributed by atoms with E-state index in [-0.39, 0.29) is 17.0 Å². The van der Waals surface area contributed by atoms with Gasteiger partial charge in [0.1, 0.15) is 6.29 Å². The Labute approximate surface area is 142 Å². The van der Waals surface area contributed by atoms with Gasteiger partial charge in [0.05, 0.1) is 11.0 Å². The lowest BCUT2D eigenvalue weighted by atomic mass is 9.79. The number of nitrogens with one attached hydrogen (secondary N) is 2. The second-order valence-corrected chi connectivity index (χ2v) is 8.50. The van der Waals surface area contributed by atoms with Crippen LogP contribution in [-0.4, -0.2) is 28.9 Å². The molecule has 2 N–H and O–H groups in total. The maximum Gasteiger partial charge on any atom is 0.315 e. The second-order valence-electron chi connectivity index (χ2n) is 7.52. The van der Waals surface area contributed by atoms with Crippen molar-refractivity contribution in [2.45, 2.75) is 70.9 Å². The van der Waals surface area contributed by atoms with E-state index in [2.05, 4.69) is 15.6 Å². The highest BCUT2D eigenvalue weighted by molar-refractivity contribution is 7.09. The van der Waals surface area contributed by atoms with Gasteiger partial charge in [-0.1, -0.05) is 40.0 Å². The van der Waals surface area contributed by atoms with Crippen LogP contribution in [0.2, 0.25) is 0 Å².